The molecule has 0 radical (unpaired) electrons. The van der Waals surface area contributed by atoms with Crippen LogP contribution >= 0.6 is 0 Å². The minimum absolute atomic E-state index is 0.0587. The molecule has 0 aliphatic carbocycles. The van der Waals surface area contributed by atoms with E-state index in [9.17, 15) is 8.78 Å². The fourth-order valence-corrected chi connectivity index (χ4v) is 4.71. The molecule has 5 rings (SSSR count). The van der Waals surface area contributed by atoms with Crippen molar-refractivity contribution in [2.75, 3.05) is 46.0 Å². The number of nitrogens with zero attached hydrogens (tertiary/aromatic N) is 1. The first-order valence-corrected chi connectivity index (χ1v) is 9.94. The molecule has 1 spiro atoms. The third kappa shape index (κ3) is 3.35. The number of piperidine rings is 1. The van der Waals surface area contributed by atoms with Gasteiger partial charge in [0, 0.05) is 30.8 Å². The highest BCUT2D eigenvalue weighted by Crippen LogP contribution is 2.39. The van der Waals surface area contributed by atoms with Gasteiger partial charge in [-0.25, -0.2) is 8.78 Å². The highest BCUT2D eigenvalue weighted by atomic mass is 19.2. The van der Waals surface area contributed by atoms with E-state index in [1.807, 2.05) is 0 Å². The smallest absolute Gasteiger partial charge is 0.162 e. The van der Waals surface area contributed by atoms with E-state index in [1.165, 1.54) is 12.1 Å². The summed E-state index contributed by atoms with van der Waals surface area (Å²) in [5.74, 6) is -0.986. The molecular weight excluding hydrogens is 354 g/mol. The Morgan fingerprint density at radius 3 is 2.41 bits per heavy atom. The molecule has 0 saturated carbocycles. The number of rotatable bonds is 4. The van der Waals surface area contributed by atoms with Gasteiger partial charge in [0.25, 0.3) is 0 Å². The molecule has 1 atom stereocenters. The number of nitrogens with one attached hydrogen (secondary N) is 1. The summed E-state index contributed by atoms with van der Waals surface area (Å²) in [6.45, 7) is 5.64. The van der Waals surface area contributed by atoms with Crippen LogP contribution in [0.5, 0.6) is 5.75 Å². The molecule has 27 heavy (non-hydrogen) atoms. The molecule has 4 saturated heterocycles. The van der Waals surface area contributed by atoms with Crippen LogP contribution < -0.4 is 10.1 Å². The average molecular weight is 380 g/mol. The summed E-state index contributed by atoms with van der Waals surface area (Å²) in [6.07, 6.45) is 2.87. The standard InChI is InChI=1S/C20H26F2N2O3/c21-17-5-16(19(6-18(17)22)27-15-9-25-10-15)13-1-3-24(4-2-13)14-7-20(26-8-14)11-23-12-20/h5-6,13-15,23H,1-4,7-12H2/t14-/m0/s1. The van der Waals surface area contributed by atoms with Crippen LogP contribution in [0.2, 0.25) is 0 Å². The summed E-state index contributed by atoms with van der Waals surface area (Å²) in [4.78, 5) is 2.50. The molecule has 4 aliphatic heterocycles. The summed E-state index contributed by atoms with van der Waals surface area (Å²) in [7, 11) is 0. The molecule has 0 unspecified atom stereocenters. The van der Waals surface area contributed by atoms with Crippen LogP contribution in [0.3, 0.4) is 0 Å². The number of benzene rings is 1. The second-order valence-electron chi connectivity index (χ2n) is 8.35. The largest absolute Gasteiger partial charge is 0.485 e. The molecule has 0 aromatic heterocycles. The zero-order valence-electron chi connectivity index (χ0n) is 15.4. The highest BCUT2D eigenvalue weighted by molar-refractivity contribution is 5.38. The van der Waals surface area contributed by atoms with Crippen LogP contribution in [0.25, 0.3) is 0 Å². The van der Waals surface area contributed by atoms with Gasteiger partial charge in [0.1, 0.15) is 11.9 Å². The van der Waals surface area contributed by atoms with Crippen molar-refractivity contribution in [2.45, 2.75) is 42.9 Å². The third-order valence-corrected chi connectivity index (χ3v) is 6.52. The van der Waals surface area contributed by atoms with Gasteiger partial charge in [0.2, 0.25) is 0 Å². The molecule has 4 aliphatic rings. The predicted molar refractivity (Wildman–Crippen MR) is 95.1 cm³/mol. The quantitative estimate of drug-likeness (QED) is 0.866. The van der Waals surface area contributed by atoms with E-state index in [1.54, 1.807) is 0 Å². The van der Waals surface area contributed by atoms with Crippen LogP contribution in [0, 0.1) is 11.6 Å². The van der Waals surface area contributed by atoms with Crippen molar-refractivity contribution in [1.29, 1.82) is 0 Å². The Hall–Kier alpha value is -1.28. The number of likely N-dealkylation sites (tertiary alicyclic amines) is 1. The van der Waals surface area contributed by atoms with Crippen molar-refractivity contribution >= 4 is 0 Å². The third-order valence-electron chi connectivity index (χ3n) is 6.52. The minimum Gasteiger partial charge on any atom is -0.485 e. The number of hydrogen-bond donors (Lipinski definition) is 1. The lowest BCUT2D eigenvalue weighted by Gasteiger charge is -2.40. The Bertz CT molecular complexity index is 701. The normalized spacial score (nSPS) is 28.9. The predicted octanol–water partition coefficient (Wildman–Crippen LogP) is 2.05. The second kappa shape index (κ2) is 6.95. The Morgan fingerprint density at radius 1 is 1.07 bits per heavy atom. The number of halogens is 2. The van der Waals surface area contributed by atoms with Gasteiger partial charge in [-0.3, -0.25) is 4.90 Å². The maximum absolute atomic E-state index is 13.9. The van der Waals surface area contributed by atoms with Crippen LogP contribution in [-0.4, -0.2) is 68.6 Å². The van der Waals surface area contributed by atoms with E-state index in [-0.39, 0.29) is 17.6 Å². The topological polar surface area (TPSA) is 43.0 Å². The zero-order valence-corrected chi connectivity index (χ0v) is 15.4. The molecule has 7 heteroatoms. The van der Waals surface area contributed by atoms with Crippen LogP contribution in [-0.2, 0) is 9.47 Å². The molecule has 1 N–H and O–H groups in total. The number of ether oxygens (including phenoxy) is 3. The van der Waals surface area contributed by atoms with E-state index in [0.717, 1.165) is 57.6 Å². The lowest BCUT2D eigenvalue weighted by molar-refractivity contribution is -0.0803. The molecule has 0 bridgehead atoms. The molecule has 148 valence electrons. The van der Waals surface area contributed by atoms with Crippen molar-refractivity contribution < 1.29 is 23.0 Å². The summed E-state index contributed by atoms with van der Waals surface area (Å²) in [5.41, 5.74) is 0.857. The van der Waals surface area contributed by atoms with Gasteiger partial charge in [0.15, 0.2) is 11.6 Å². The van der Waals surface area contributed by atoms with Crippen molar-refractivity contribution in [3.63, 3.8) is 0 Å². The van der Waals surface area contributed by atoms with Crippen molar-refractivity contribution in [2.24, 2.45) is 0 Å². The van der Waals surface area contributed by atoms with E-state index in [0.29, 0.717) is 25.0 Å². The van der Waals surface area contributed by atoms with Gasteiger partial charge < -0.3 is 19.5 Å². The first kappa shape index (κ1) is 17.8. The molecule has 1 aromatic carbocycles. The van der Waals surface area contributed by atoms with Crippen LogP contribution in [0.15, 0.2) is 12.1 Å². The summed E-state index contributed by atoms with van der Waals surface area (Å²) in [6, 6.07) is 3.01. The summed E-state index contributed by atoms with van der Waals surface area (Å²) in [5, 5.41) is 3.30. The van der Waals surface area contributed by atoms with Crippen molar-refractivity contribution in [1.82, 2.24) is 10.2 Å². The first-order chi connectivity index (χ1) is 13.1. The molecular formula is C20H26F2N2O3. The Morgan fingerprint density at radius 2 is 1.81 bits per heavy atom. The molecule has 0 amide bonds. The molecule has 4 fully saturated rings. The van der Waals surface area contributed by atoms with Crippen LogP contribution in [0.4, 0.5) is 8.78 Å². The monoisotopic (exact) mass is 380 g/mol. The van der Waals surface area contributed by atoms with Gasteiger partial charge in [-0.15, -0.1) is 0 Å². The molecule has 1 aromatic rings. The highest BCUT2D eigenvalue weighted by Gasteiger charge is 2.47. The average Bonchev–Trinajstić information content (AvgIpc) is 3.07. The lowest BCUT2D eigenvalue weighted by atomic mass is 9.86. The Kier molecular flexibility index (Phi) is 4.58. The van der Waals surface area contributed by atoms with Crippen molar-refractivity contribution in [3.05, 3.63) is 29.3 Å². The summed E-state index contributed by atoms with van der Waals surface area (Å²) >= 11 is 0. The van der Waals surface area contributed by atoms with Crippen LogP contribution in [0.1, 0.15) is 30.7 Å². The second-order valence-corrected chi connectivity index (χ2v) is 8.35. The molecule has 4 heterocycles. The number of hydrogen-bond acceptors (Lipinski definition) is 5. The lowest BCUT2D eigenvalue weighted by Crippen LogP contribution is -2.59. The first-order valence-electron chi connectivity index (χ1n) is 9.94. The van der Waals surface area contributed by atoms with Gasteiger partial charge >= 0.3 is 0 Å². The minimum atomic E-state index is -0.853. The summed E-state index contributed by atoms with van der Waals surface area (Å²) < 4.78 is 44.7. The maximum Gasteiger partial charge on any atom is 0.162 e. The van der Waals surface area contributed by atoms with Gasteiger partial charge in [-0.2, -0.15) is 0 Å². The fraction of sp³-hybridized carbons (Fsp3) is 0.700. The SMILES string of the molecule is Fc1cc(OC2COC2)c(C2CCN([C@@H]3COC4(CNC4)C3)CC2)cc1F. The van der Waals surface area contributed by atoms with Crippen molar-refractivity contribution in [3.8, 4) is 5.75 Å². The maximum atomic E-state index is 13.9. The van der Waals surface area contributed by atoms with Gasteiger partial charge in [0.05, 0.1) is 25.4 Å². The fourth-order valence-electron chi connectivity index (χ4n) is 4.71. The van der Waals surface area contributed by atoms with Gasteiger partial charge in [-0.05, 0) is 44.3 Å². The van der Waals surface area contributed by atoms with E-state index in [2.05, 4.69) is 10.2 Å². The Balaban J connectivity index is 1.25. The van der Waals surface area contributed by atoms with E-state index < -0.39 is 11.6 Å². The Labute approximate surface area is 157 Å². The molecule has 5 nitrogen and oxygen atoms in total. The van der Waals surface area contributed by atoms with E-state index >= 15 is 0 Å². The zero-order chi connectivity index (χ0) is 18.4. The van der Waals surface area contributed by atoms with Gasteiger partial charge in [-0.1, -0.05) is 0 Å². The van der Waals surface area contributed by atoms with E-state index in [4.69, 9.17) is 14.2 Å².